The van der Waals surface area contributed by atoms with Crippen molar-refractivity contribution in [3.05, 3.63) is 53.9 Å². The number of ether oxygens (including phenoxy) is 1. The van der Waals surface area contributed by atoms with Crippen molar-refractivity contribution < 1.29 is 14.3 Å². The van der Waals surface area contributed by atoms with E-state index < -0.39 is 11.2 Å². The summed E-state index contributed by atoms with van der Waals surface area (Å²) in [6.07, 6.45) is 0.961. The third-order valence-corrected chi connectivity index (χ3v) is 7.13. The van der Waals surface area contributed by atoms with E-state index >= 15 is 0 Å². The van der Waals surface area contributed by atoms with Gasteiger partial charge >= 0.3 is 0 Å². The maximum atomic E-state index is 12.8. The lowest BCUT2D eigenvalue weighted by Crippen LogP contribution is -2.39. The molecule has 1 aliphatic rings. The van der Waals surface area contributed by atoms with Crippen LogP contribution in [0.15, 0.2) is 58.8 Å². The van der Waals surface area contributed by atoms with Gasteiger partial charge in [-0.2, -0.15) is 0 Å². The van der Waals surface area contributed by atoms with E-state index in [4.69, 9.17) is 4.74 Å². The molecule has 0 bridgehead atoms. The molecule has 0 radical (unpaired) electrons. The molecule has 2 amide bonds. The van der Waals surface area contributed by atoms with Crippen LogP contribution in [-0.4, -0.2) is 28.7 Å². The Hall–Kier alpha value is -2.84. The zero-order valence-corrected chi connectivity index (χ0v) is 18.9. The topological polar surface area (TPSA) is 80.3 Å². The van der Waals surface area contributed by atoms with Gasteiger partial charge in [0, 0.05) is 15.8 Å². The molecule has 4 rings (SSSR count). The number of thioether (sulfide) groups is 1. The van der Waals surface area contributed by atoms with Crippen LogP contribution in [-0.2, 0) is 9.59 Å². The molecule has 0 saturated carbocycles. The highest BCUT2D eigenvalue weighted by molar-refractivity contribution is 8.01. The number of rotatable bonds is 7. The Morgan fingerprint density at radius 3 is 2.77 bits per heavy atom. The number of hydrogen-bond acceptors (Lipinski definition) is 6. The number of carbonyl (C=O) groups excluding carboxylic acids is 2. The monoisotopic (exact) mass is 453 g/mol. The molecule has 31 heavy (non-hydrogen) atoms. The Morgan fingerprint density at radius 1 is 1.23 bits per heavy atom. The Kier molecular flexibility index (Phi) is 6.58. The van der Waals surface area contributed by atoms with Crippen molar-refractivity contribution in [2.24, 2.45) is 5.92 Å². The summed E-state index contributed by atoms with van der Waals surface area (Å²) in [4.78, 5) is 30.8. The number of aromatic nitrogens is 1. The van der Waals surface area contributed by atoms with Crippen LogP contribution in [0, 0.1) is 5.92 Å². The van der Waals surface area contributed by atoms with Gasteiger partial charge in [-0.3, -0.25) is 9.59 Å². The van der Waals surface area contributed by atoms with Crippen molar-refractivity contribution in [3.63, 3.8) is 0 Å². The molecule has 160 valence electrons. The van der Waals surface area contributed by atoms with Gasteiger partial charge in [-0.25, -0.2) is 4.98 Å². The zero-order chi connectivity index (χ0) is 21.8. The Morgan fingerprint density at radius 2 is 2.00 bits per heavy atom. The van der Waals surface area contributed by atoms with E-state index in [2.05, 4.69) is 22.5 Å². The summed E-state index contributed by atoms with van der Waals surface area (Å²) in [5, 5.41) is 7.67. The van der Waals surface area contributed by atoms with Crippen LogP contribution in [0.1, 0.15) is 20.3 Å². The molecule has 1 aromatic heterocycles. The van der Waals surface area contributed by atoms with Gasteiger partial charge < -0.3 is 15.4 Å². The number of fused-ring (bicyclic) bond motifs is 1. The Labute approximate surface area is 189 Å². The van der Waals surface area contributed by atoms with Crippen LogP contribution in [0.5, 0.6) is 5.75 Å². The highest BCUT2D eigenvalue weighted by atomic mass is 32.2. The number of anilines is 2. The summed E-state index contributed by atoms with van der Waals surface area (Å²) < 4.78 is 5.61. The van der Waals surface area contributed by atoms with Crippen LogP contribution < -0.4 is 15.4 Å². The molecule has 0 spiro atoms. The second-order valence-corrected chi connectivity index (χ2v) is 9.25. The summed E-state index contributed by atoms with van der Waals surface area (Å²) in [6, 6.07) is 15.3. The van der Waals surface area contributed by atoms with E-state index in [-0.39, 0.29) is 11.8 Å². The third-order valence-electron chi connectivity index (χ3n) is 4.88. The van der Waals surface area contributed by atoms with Crippen molar-refractivity contribution in [2.75, 3.05) is 17.2 Å². The number of thiazole rings is 1. The first kappa shape index (κ1) is 21.4. The summed E-state index contributed by atoms with van der Waals surface area (Å²) >= 11 is 2.78. The maximum absolute atomic E-state index is 12.8. The van der Waals surface area contributed by atoms with Gasteiger partial charge in [0.25, 0.3) is 0 Å². The van der Waals surface area contributed by atoms with Crippen molar-refractivity contribution in [2.45, 2.75) is 30.4 Å². The van der Waals surface area contributed by atoms with Crippen molar-refractivity contribution >= 4 is 45.7 Å². The standard InChI is InChI=1S/C23H23N3O3S2/c1-3-12-29-16-10-8-15(9-11-16)18-13-30-23(25-18)26-21(27)14(2)20-22(28)24-17-6-4-5-7-19(17)31-20/h4-11,13-14,20H,3,12H2,1-2H3,(H,24,28)(H,25,26,27). The van der Waals surface area contributed by atoms with Gasteiger partial charge in [0.05, 0.1) is 29.2 Å². The quantitative estimate of drug-likeness (QED) is 0.508. The predicted molar refractivity (Wildman–Crippen MR) is 126 cm³/mol. The number of nitrogens with zero attached hydrogens (tertiary/aromatic N) is 1. The average Bonchev–Trinajstić information content (AvgIpc) is 3.25. The number of amides is 2. The van der Waals surface area contributed by atoms with Gasteiger partial charge in [-0.15, -0.1) is 23.1 Å². The van der Waals surface area contributed by atoms with Crippen molar-refractivity contribution in [3.8, 4) is 17.0 Å². The molecule has 8 heteroatoms. The minimum Gasteiger partial charge on any atom is -0.494 e. The summed E-state index contributed by atoms with van der Waals surface area (Å²) in [6.45, 7) is 4.52. The van der Waals surface area contributed by atoms with Crippen LogP contribution in [0.4, 0.5) is 10.8 Å². The van der Waals surface area contributed by atoms with E-state index in [9.17, 15) is 9.59 Å². The molecule has 1 aliphatic heterocycles. The summed E-state index contributed by atoms with van der Waals surface area (Å²) in [5.41, 5.74) is 2.53. The van der Waals surface area contributed by atoms with Crippen molar-refractivity contribution in [1.82, 2.24) is 4.98 Å². The van der Waals surface area contributed by atoms with E-state index in [1.54, 1.807) is 6.92 Å². The molecular formula is C23H23N3O3S2. The van der Waals surface area contributed by atoms with E-state index in [1.807, 2.05) is 53.9 Å². The van der Waals surface area contributed by atoms with E-state index in [0.717, 1.165) is 34.0 Å². The average molecular weight is 454 g/mol. The fraction of sp³-hybridized carbons (Fsp3) is 0.261. The van der Waals surface area contributed by atoms with Gasteiger partial charge in [-0.1, -0.05) is 26.0 Å². The molecule has 6 nitrogen and oxygen atoms in total. The Balaban J connectivity index is 1.40. The van der Waals surface area contributed by atoms with Crippen LogP contribution in [0.25, 0.3) is 11.3 Å². The predicted octanol–water partition coefficient (Wildman–Crippen LogP) is 5.29. The molecule has 3 aromatic rings. The molecule has 2 unspecified atom stereocenters. The van der Waals surface area contributed by atoms with E-state index in [1.165, 1.54) is 23.1 Å². The van der Waals surface area contributed by atoms with Crippen molar-refractivity contribution in [1.29, 1.82) is 0 Å². The summed E-state index contributed by atoms with van der Waals surface area (Å²) in [7, 11) is 0. The molecule has 2 atom stereocenters. The molecule has 0 fully saturated rings. The number of nitrogens with one attached hydrogen (secondary N) is 2. The Bertz CT molecular complexity index is 1080. The first-order valence-corrected chi connectivity index (χ1v) is 11.9. The first-order valence-electron chi connectivity index (χ1n) is 10.1. The second kappa shape index (κ2) is 9.53. The van der Waals surface area contributed by atoms with Crippen LogP contribution in [0.2, 0.25) is 0 Å². The lowest BCUT2D eigenvalue weighted by Gasteiger charge is -2.27. The number of hydrogen-bond donors (Lipinski definition) is 2. The fourth-order valence-electron chi connectivity index (χ4n) is 3.16. The minimum absolute atomic E-state index is 0.156. The lowest BCUT2D eigenvalue weighted by molar-refractivity contribution is -0.123. The minimum atomic E-state index is -0.513. The summed E-state index contributed by atoms with van der Waals surface area (Å²) in [5.74, 6) is -0.0680. The highest BCUT2D eigenvalue weighted by Gasteiger charge is 2.35. The molecular weight excluding hydrogens is 430 g/mol. The zero-order valence-electron chi connectivity index (χ0n) is 17.3. The maximum Gasteiger partial charge on any atom is 0.238 e. The number of benzene rings is 2. The molecule has 2 aromatic carbocycles. The van der Waals surface area contributed by atoms with E-state index in [0.29, 0.717) is 11.7 Å². The first-order chi connectivity index (χ1) is 15.0. The lowest BCUT2D eigenvalue weighted by atomic mass is 10.1. The smallest absolute Gasteiger partial charge is 0.238 e. The molecule has 0 aliphatic carbocycles. The number of carbonyl (C=O) groups is 2. The van der Waals surface area contributed by atoms with Gasteiger partial charge in [-0.05, 0) is 42.8 Å². The molecule has 2 heterocycles. The SMILES string of the molecule is CCCOc1ccc(-c2csc(NC(=O)C(C)C3Sc4ccccc4NC3=O)n2)cc1. The van der Waals surface area contributed by atoms with Crippen LogP contribution >= 0.6 is 23.1 Å². The largest absolute Gasteiger partial charge is 0.494 e. The van der Waals surface area contributed by atoms with Gasteiger partial charge in [0.2, 0.25) is 11.8 Å². The second-order valence-electron chi connectivity index (χ2n) is 7.21. The third kappa shape index (κ3) is 4.91. The van der Waals surface area contributed by atoms with Crippen LogP contribution in [0.3, 0.4) is 0 Å². The molecule has 0 saturated heterocycles. The van der Waals surface area contributed by atoms with Gasteiger partial charge in [0.15, 0.2) is 5.13 Å². The normalized spacial score (nSPS) is 16.2. The van der Waals surface area contributed by atoms with Gasteiger partial charge in [0.1, 0.15) is 5.75 Å². The number of para-hydroxylation sites is 1. The molecule has 2 N–H and O–H groups in total. The highest BCUT2D eigenvalue weighted by Crippen LogP contribution is 2.38. The fourth-order valence-corrected chi connectivity index (χ4v) is 5.05.